The summed E-state index contributed by atoms with van der Waals surface area (Å²) in [6.45, 7) is 20.9. The molecule has 0 spiro atoms. The van der Waals surface area contributed by atoms with E-state index in [1.165, 1.54) is 25.7 Å². The van der Waals surface area contributed by atoms with E-state index in [-0.39, 0.29) is 17.3 Å². The van der Waals surface area contributed by atoms with Crippen molar-refractivity contribution in [2.45, 2.75) is 151 Å². The van der Waals surface area contributed by atoms with E-state index in [4.69, 9.17) is 9.47 Å². The molecule has 0 aromatic rings. The first-order valence-electron chi connectivity index (χ1n) is 12.6. The van der Waals surface area contributed by atoms with Gasteiger partial charge in [0, 0.05) is 10.8 Å². The van der Waals surface area contributed by atoms with Crippen LogP contribution in [-0.4, -0.2) is 23.1 Å². The maximum atomic E-state index is 12.7. The van der Waals surface area contributed by atoms with Crippen LogP contribution in [0.2, 0.25) is 0 Å². The van der Waals surface area contributed by atoms with Crippen LogP contribution in [0.15, 0.2) is 0 Å². The van der Waals surface area contributed by atoms with Crippen LogP contribution in [0.3, 0.4) is 0 Å². The highest BCUT2D eigenvalue weighted by molar-refractivity contribution is 5.91. The van der Waals surface area contributed by atoms with Gasteiger partial charge in [-0.25, -0.2) is 0 Å². The lowest BCUT2D eigenvalue weighted by Gasteiger charge is -2.42. The average Bonchev–Trinajstić information content (AvgIpc) is 2.60. The zero-order valence-corrected chi connectivity index (χ0v) is 22.4. The zero-order valence-electron chi connectivity index (χ0n) is 22.4. The third-order valence-corrected chi connectivity index (χ3v) is 7.15. The molecule has 4 heteroatoms. The van der Waals surface area contributed by atoms with Gasteiger partial charge in [-0.2, -0.15) is 0 Å². The summed E-state index contributed by atoms with van der Waals surface area (Å²) in [5.74, 6) is -0.972. The standard InChI is InChI=1S/C27H52O4/c1-11-13-15-17-19-26(9,24(3,4)5)30-22(28)21-23(29)31-27(10,25(6,7)8)20-18-16-14-12-2/h11-21H2,1-10H3. The molecule has 0 N–H and O–H groups in total. The molecule has 2 unspecified atom stereocenters. The van der Waals surface area contributed by atoms with E-state index in [2.05, 4.69) is 55.4 Å². The minimum absolute atomic E-state index is 0.210. The molecule has 0 aliphatic rings. The fourth-order valence-corrected chi connectivity index (χ4v) is 3.63. The van der Waals surface area contributed by atoms with Gasteiger partial charge < -0.3 is 9.47 Å². The lowest BCUT2D eigenvalue weighted by Crippen LogP contribution is -2.46. The van der Waals surface area contributed by atoms with Crippen molar-refractivity contribution in [2.75, 3.05) is 0 Å². The summed E-state index contributed by atoms with van der Waals surface area (Å²) >= 11 is 0. The molecule has 0 radical (unpaired) electrons. The first kappa shape index (κ1) is 29.9. The smallest absolute Gasteiger partial charge is 0.317 e. The van der Waals surface area contributed by atoms with Crippen molar-refractivity contribution in [3.8, 4) is 0 Å². The van der Waals surface area contributed by atoms with Crippen molar-refractivity contribution in [3.05, 3.63) is 0 Å². The topological polar surface area (TPSA) is 52.6 Å². The van der Waals surface area contributed by atoms with Gasteiger partial charge in [-0.1, -0.05) is 93.9 Å². The molecule has 0 aromatic heterocycles. The van der Waals surface area contributed by atoms with Crippen molar-refractivity contribution in [1.29, 1.82) is 0 Å². The maximum absolute atomic E-state index is 12.7. The fourth-order valence-electron chi connectivity index (χ4n) is 3.63. The summed E-state index contributed by atoms with van der Waals surface area (Å²) in [6.07, 6.45) is 10.3. The van der Waals surface area contributed by atoms with Crippen molar-refractivity contribution < 1.29 is 19.1 Å². The lowest BCUT2D eigenvalue weighted by molar-refractivity contribution is -0.183. The van der Waals surface area contributed by atoms with E-state index >= 15 is 0 Å². The Morgan fingerprint density at radius 2 is 0.871 bits per heavy atom. The molecular weight excluding hydrogens is 388 g/mol. The van der Waals surface area contributed by atoms with E-state index in [0.29, 0.717) is 0 Å². The van der Waals surface area contributed by atoms with Gasteiger partial charge in [0.2, 0.25) is 0 Å². The van der Waals surface area contributed by atoms with E-state index in [0.717, 1.165) is 38.5 Å². The number of unbranched alkanes of at least 4 members (excludes halogenated alkanes) is 6. The van der Waals surface area contributed by atoms with Gasteiger partial charge in [0.05, 0.1) is 0 Å². The van der Waals surface area contributed by atoms with Crippen molar-refractivity contribution in [2.24, 2.45) is 10.8 Å². The van der Waals surface area contributed by atoms with Crippen LogP contribution in [-0.2, 0) is 19.1 Å². The zero-order chi connectivity index (χ0) is 24.3. The molecule has 0 bridgehead atoms. The van der Waals surface area contributed by atoms with Gasteiger partial charge in [-0.05, 0) is 39.5 Å². The summed E-state index contributed by atoms with van der Waals surface area (Å²) in [6, 6.07) is 0. The van der Waals surface area contributed by atoms with E-state index < -0.39 is 23.1 Å². The third-order valence-electron chi connectivity index (χ3n) is 7.15. The minimum atomic E-state index is -0.606. The molecule has 184 valence electrons. The Kier molecular flexibility index (Phi) is 12.4. The second-order valence-electron chi connectivity index (χ2n) is 11.7. The van der Waals surface area contributed by atoms with E-state index in [1.54, 1.807) is 0 Å². The number of carbonyl (C=O) groups is 2. The number of hydrogen-bond acceptors (Lipinski definition) is 4. The van der Waals surface area contributed by atoms with Crippen molar-refractivity contribution >= 4 is 11.9 Å². The molecule has 0 saturated carbocycles. The van der Waals surface area contributed by atoms with Crippen LogP contribution >= 0.6 is 0 Å². The third kappa shape index (κ3) is 10.4. The maximum Gasteiger partial charge on any atom is 0.317 e. The quantitative estimate of drug-likeness (QED) is 0.156. The first-order chi connectivity index (χ1) is 14.1. The molecule has 0 rings (SSSR count). The van der Waals surface area contributed by atoms with Gasteiger partial charge >= 0.3 is 11.9 Å². The highest BCUT2D eigenvalue weighted by atomic mass is 16.6. The molecule has 0 fully saturated rings. The Morgan fingerprint density at radius 1 is 0.548 bits per heavy atom. The predicted octanol–water partition coefficient (Wildman–Crippen LogP) is 8.01. The van der Waals surface area contributed by atoms with Crippen LogP contribution in [0.4, 0.5) is 0 Å². The highest BCUT2D eigenvalue weighted by Crippen LogP contribution is 2.40. The largest absolute Gasteiger partial charge is 0.458 e. The van der Waals surface area contributed by atoms with Crippen LogP contribution in [0, 0.1) is 10.8 Å². The minimum Gasteiger partial charge on any atom is -0.458 e. The van der Waals surface area contributed by atoms with Crippen molar-refractivity contribution in [3.63, 3.8) is 0 Å². The van der Waals surface area contributed by atoms with E-state index in [9.17, 15) is 9.59 Å². The number of carbonyl (C=O) groups excluding carboxylic acids is 2. The molecule has 31 heavy (non-hydrogen) atoms. The first-order valence-corrected chi connectivity index (χ1v) is 12.6. The summed E-state index contributed by atoms with van der Waals surface area (Å²) in [7, 11) is 0. The van der Waals surface area contributed by atoms with Crippen LogP contribution in [0.25, 0.3) is 0 Å². The molecule has 0 amide bonds. The molecule has 0 saturated heterocycles. The molecule has 0 aliphatic heterocycles. The summed E-state index contributed by atoms with van der Waals surface area (Å²) in [4.78, 5) is 25.4. The number of ether oxygens (including phenoxy) is 2. The SMILES string of the molecule is CCCCCCC(C)(OC(=O)CC(=O)OC(C)(CCCCCC)C(C)(C)C)C(C)(C)C. The van der Waals surface area contributed by atoms with Crippen LogP contribution < -0.4 is 0 Å². The molecule has 2 atom stereocenters. The van der Waals surface area contributed by atoms with Gasteiger partial charge in [0.15, 0.2) is 0 Å². The highest BCUT2D eigenvalue weighted by Gasteiger charge is 2.43. The summed E-state index contributed by atoms with van der Waals surface area (Å²) in [5.41, 5.74) is -1.63. The molecule has 0 aromatic carbocycles. The Labute approximate surface area is 193 Å². The second kappa shape index (κ2) is 12.8. The number of hydrogen-bond donors (Lipinski definition) is 0. The summed E-state index contributed by atoms with van der Waals surface area (Å²) < 4.78 is 11.9. The normalized spacial score (nSPS) is 16.3. The second-order valence-corrected chi connectivity index (χ2v) is 11.7. The molecule has 4 nitrogen and oxygen atoms in total. The monoisotopic (exact) mass is 440 g/mol. The molecular formula is C27H52O4. The van der Waals surface area contributed by atoms with Gasteiger partial charge in [-0.3, -0.25) is 9.59 Å². The number of rotatable bonds is 14. The van der Waals surface area contributed by atoms with Gasteiger partial charge in [0.1, 0.15) is 17.6 Å². The van der Waals surface area contributed by atoms with Gasteiger partial charge in [-0.15, -0.1) is 0 Å². The lowest BCUT2D eigenvalue weighted by atomic mass is 9.74. The molecule has 0 aliphatic carbocycles. The molecule has 0 heterocycles. The Bertz CT molecular complexity index is 492. The Balaban J connectivity index is 5.06. The van der Waals surface area contributed by atoms with Crippen molar-refractivity contribution in [1.82, 2.24) is 0 Å². The predicted molar refractivity (Wildman–Crippen MR) is 130 cm³/mol. The van der Waals surface area contributed by atoms with Gasteiger partial charge in [0.25, 0.3) is 0 Å². The van der Waals surface area contributed by atoms with Crippen LogP contribution in [0.5, 0.6) is 0 Å². The van der Waals surface area contributed by atoms with Crippen LogP contribution in [0.1, 0.15) is 140 Å². The summed E-state index contributed by atoms with van der Waals surface area (Å²) in [5, 5.41) is 0. The average molecular weight is 441 g/mol. The fraction of sp³-hybridized carbons (Fsp3) is 0.926. The Morgan fingerprint density at radius 3 is 1.13 bits per heavy atom. The van der Waals surface area contributed by atoms with E-state index in [1.807, 2.05) is 13.8 Å². The Hall–Kier alpha value is -1.06. The number of esters is 2.